The number of anilines is 1. The van der Waals surface area contributed by atoms with Crippen LogP contribution in [0.2, 0.25) is 0 Å². The van der Waals surface area contributed by atoms with E-state index >= 15 is 0 Å². The summed E-state index contributed by atoms with van der Waals surface area (Å²) in [6.45, 7) is 12.0. The average Bonchev–Trinajstić information content (AvgIpc) is 3.54. The van der Waals surface area contributed by atoms with E-state index in [1.165, 1.54) is 19.3 Å². The number of nitrogens with one attached hydrogen (secondary N) is 2. The number of carbonyl (C=O) groups is 2. The van der Waals surface area contributed by atoms with Crippen molar-refractivity contribution in [3.8, 4) is 28.4 Å². The van der Waals surface area contributed by atoms with Crippen LogP contribution < -0.4 is 20.1 Å². The van der Waals surface area contributed by atoms with Crippen LogP contribution in [-0.4, -0.2) is 79.1 Å². The monoisotopic (exact) mass is 727 g/mol. The highest BCUT2D eigenvalue weighted by molar-refractivity contribution is 5.98. The van der Waals surface area contributed by atoms with E-state index in [1.807, 2.05) is 43.7 Å². The maximum Gasteiger partial charge on any atom is 0.332 e. The van der Waals surface area contributed by atoms with Crippen LogP contribution in [0, 0.1) is 23.7 Å². The minimum absolute atomic E-state index is 0.0361. The molecule has 4 aliphatic carbocycles. The molecule has 10 heteroatoms. The van der Waals surface area contributed by atoms with E-state index < -0.39 is 11.1 Å². The molecule has 0 spiro atoms. The molecular formula is C43H61N5O5. The highest BCUT2D eigenvalue weighted by atomic mass is 16.6. The lowest BCUT2D eigenvalue weighted by Crippen LogP contribution is -2.71. The Morgan fingerprint density at radius 2 is 1.57 bits per heavy atom. The third-order valence-electron chi connectivity index (χ3n) is 11.6. The molecule has 4 aliphatic rings. The molecule has 0 radical (unpaired) electrons. The van der Waals surface area contributed by atoms with E-state index in [4.69, 9.17) is 19.3 Å². The van der Waals surface area contributed by atoms with Crippen LogP contribution in [0.5, 0.6) is 11.5 Å². The Kier molecular flexibility index (Phi) is 11.5. The van der Waals surface area contributed by atoms with Crippen LogP contribution in [-0.2, 0) is 9.53 Å². The Morgan fingerprint density at radius 1 is 0.925 bits per heavy atom. The zero-order valence-electron chi connectivity index (χ0n) is 33.4. The Balaban J connectivity index is 1.39. The Hall–Kier alpha value is -4.05. The number of hydrogen-bond acceptors (Lipinski definition) is 8. The fraction of sp³-hybridized carbons (Fsp3) is 0.605. The van der Waals surface area contributed by atoms with Gasteiger partial charge in [-0.3, -0.25) is 4.79 Å². The fourth-order valence-electron chi connectivity index (χ4n) is 9.37. The van der Waals surface area contributed by atoms with Crippen molar-refractivity contribution in [3.63, 3.8) is 0 Å². The summed E-state index contributed by atoms with van der Waals surface area (Å²) < 4.78 is 19.7. The first-order chi connectivity index (χ1) is 25.2. The number of benzene rings is 2. The molecule has 10 nitrogen and oxygen atoms in total. The van der Waals surface area contributed by atoms with Gasteiger partial charge in [0.05, 0.1) is 31.2 Å². The van der Waals surface area contributed by atoms with Crippen LogP contribution in [0.15, 0.2) is 42.5 Å². The van der Waals surface area contributed by atoms with E-state index in [0.717, 1.165) is 62.1 Å². The van der Waals surface area contributed by atoms with Gasteiger partial charge in [0.15, 0.2) is 5.69 Å². The largest absolute Gasteiger partial charge is 0.496 e. The maximum absolute atomic E-state index is 14.7. The molecule has 4 bridgehead atoms. The molecular weight excluding hydrogens is 667 g/mol. The third-order valence-corrected chi connectivity index (χ3v) is 11.6. The smallest absolute Gasteiger partial charge is 0.332 e. The van der Waals surface area contributed by atoms with Crippen LogP contribution in [0.1, 0.15) is 108 Å². The summed E-state index contributed by atoms with van der Waals surface area (Å²) in [5, 5.41) is 12.0. The first-order valence-corrected chi connectivity index (χ1v) is 19.6. The fourth-order valence-corrected chi connectivity index (χ4v) is 9.37. The van der Waals surface area contributed by atoms with Gasteiger partial charge in [-0.05, 0) is 158 Å². The molecule has 0 saturated heterocycles. The number of carbonyl (C=O) groups excluding carboxylic acids is 2. The lowest BCUT2D eigenvalue weighted by Gasteiger charge is -2.59. The lowest BCUT2D eigenvalue weighted by atomic mass is 9.48. The minimum Gasteiger partial charge on any atom is -0.496 e. The zero-order chi connectivity index (χ0) is 38.1. The summed E-state index contributed by atoms with van der Waals surface area (Å²) in [4.78, 5) is 31.2. The Bertz CT molecular complexity index is 1720. The average molecular weight is 728 g/mol. The van der Waals surface area contributed by atoms with E-state index in [0.29, 0.717) is 34.6 Å². The molecule has 4 saturated carbocycles. The quantitative estimate of drug-likeness (QED) is 0.120. The minimum atomic E-state index is -1.09. The van der Waals surface area contributed by atoms with E-state index in [9.17, 15) is 9.59 Å². The standard InChI is InChI=1S/C43H61N5O5/c1-27(2)33-25-32(44-18-11-10-12-19-47(6)7)16-17-35(33)48-36(39-37(51-8)14-13-15-38(39)52-9)26-34(46-48)40(49)45-43(41(50)53-42(3,4)5)30-21-28-20-29(23-30)24-31(43)22-28/h13-17,25-31,44H,10-12,18-24H2,1-9H3,(H,45,49). The molecule has 1 aromatic heterocycles. The second-order valence-corrected chi connectivity index (χ2v) is 17.2. The number of methoxy groups -OCH3 is 2. The molecule has 3 aromatic rings. The third kappa shape index (κ3) is 8.08. The van der Waals surface area contributed by atoms with Gasteiger partial charge in [-0.2, -0.15) is 5.10 Å². The van der Waals surface area contributed by atoms with Crippen molar-refractivity contribution < 1.29 is 23.8 Å². The van der Waals surface area contributed by atoms with Crippen molar-refractivity contribution in [2.45, 2.75) is 103 Å². The van der Waals surface area contributed by atoms with Gasteiger partial charge in [-0.1, -0.05) is 26.3 Å². The summed E-state index contributed by atoms with van der Waals surface area (Å²) in [6.07, 6.45) is 8.38. The van der Waals surface area contributed by atoms with Gasteiger partial charge in [0.2, 0.25) is 0 Å². The highest BCUT2D eigenvalue weighted by Gasteiger charge is 2.63. The SMILES string of the molecule is COc1cccc(OC)c1-c1cc(C(=O)NC2(C(=O)OC(C)(C)C)C3CC4CC(C3)CC2C4)nn1-c1ccc(NCCCCCN(C)C)cc1C(C)C. The normalized spacial score (nSPS) is 23.4. The van der Waals surface area contributed by atoms with Gasteiger partial charge in [-0.25, -0.2) is 9.48 Å². The number of ether oxygens (including phenoxy) is 3. The molecule has 2 aromatic carbocycles. The first-order valence-electron chi connectivity index (χ1n) is 19.6. The molecule has 0 unspecified atom stereocenters. The summed E-state index contributed by atoms with van der Waals surface area (Å²) >= 11 is 0. The number of unbranched alkanes of at least 4 members (excludes halogenated alkanes) is 2. The predicted octanol–water partition coefficient (Wildman–Crippen LogP) is 8.09. The van der Waals surface area contributed by atoms with Crippen molar-refractivity contribution in [2.24, 2.45) is 23.7 Å². The number of amides is 1. The highest BCUT2D eigenvalue weighted by Crippen LogP contribution is 2.59. The second kappa shape index (κ2) is 15.7. The molecule has 1 amide bonds. The van der Waals surface area contributed by atoms with Crippen molar-refractivity contribution in [1.82, 2.24) is 20.0 Å². The molecule has 1 heterocycles. The van der Waals surface area contributed by atoms with Gasteiger partial charge in [-0.15, -0.1) is 0 Å². The van der Waals surface area contributed by atoms with Gasteiger partial charge >= 0.3 is 5.97 Å². The van der Waals surface area contributed by atoms with E-state index in [1.54, 1.807) is 20.3 Å². The van der Waals surface area contributed by atoms with Gasteiger partial charge in [0, 0.05) is 12.2 Å². The second-order valence-electron chi connectivity index (χ2n) is 17.2. The summed E-state index contributed by atoms with van der Waals surface area (Å²) in [7, 11) is 7.48. The predicted molar refractivity (Wildman–Crippen MR) is 210 cm³/mol. The van der Waals surface area contributed by atoms with Gasteiger partial charge in [0.25, 0.3) is 5.91 Å². The van der Waals surface area contributed by atoms with Crippen LogP contribution in [0.25, 0.3) is 16.9 Å². The van der Waals surface area contributed by atoms with Crippen molar-refractivity contribution in [3.05, 3.63) is 53.7 Å². The Labute approximate surface area is 316 Å². The molecule has 0 aliphatic heterocycles. The van der Waals surface area contributed by atoms with Crippen LogP contribution in [0.4, 0.5) is 5.69 Å². The van der Waals surface area contributed by atoms with Crippen molar-refractivity contribution in [2.75, 3.05) is 46.7 Å². The number of esters is 1. The van der Waals surface area contributed by atoms with Crippen molar-refractivity contribution >= 4 is 17.6 Å². The molecule has 288 valence electrons. The van der Waals surface area contributed by atoms with Crippen LogP contribution >= 0.6 is 0 Å². The molecule has 2 N–H and O–H groups in total. The maximum atomic E-state index is 14.7. The summed E-state index contributed by atoms with van der Waals surface area (Å²) in [6, 6.07) is 13.8. The molecule has 0 atom stereocenters. The Morgan fingerprint density at radius 3 is 2.13 bits per heavy atom. The molecule has 53 heavy (non-hydrogen) atoms. The van der Waals surface area contributed by atoms with E-state index in [2.05, 4.69) is 61.7 Å². The van der Waals surface area contributed by atoms with Crippen molar-refractivity contribution in [1.29, 1.82) is 0 Å². The summed E-state index contributed by atoms with van der Waals surface area (Å²) in [5.74, 6) is 1.93. The molecule has 4 fully saturated rings. The number of hydrogen-bond donors (Lipinski definition) is 2. The van der Waals surface area contributed by atoms with Gasteiger partial charge < -0.3 is 29.7 Å². The topological polar surface area (TPSA) is 107 Å². The number of aromatic nitrogens is 2. The number of rotatable bonds is 15. The summed E-state index contributed by atoms with van der Waals surface area (Å²) in [5.41, 5.74) is 2.78. The first kappa shape index (κ1) is 38.7. The number of nitrogens with zero attached hydrogens (tertiary/aromatic N) is 3. The zero-order valence-corrected chi connectivity index (χ0v) is 33.4. The lowest BCUT2D eigenvalue weighted by molar-refractivity contribution is -0.180. The van der Waals surface area contributed by atoms with Crippen LogP contribution in [0.3, 0.4) is 0 Å². The molecule has 7 rings (SSSR count). The van der Waals surface area contributed by atoms with E-state index in [-0.39, 0.29) is 35.3 Å². The van der Waals surface area contributed by atoms with Gasteiger partial charge in [0.1, 0.15) is 22.6 Å².